The summed E-state index contributed by atoms with van der Waals surface area (Å²) < 4.78 is 10.4. The van der Waals surface area contributed by atoms with Gasteiger partial charge < -0.3 is 9.47 Å². The van der Waals surface area contributed by atoms with Crippen molar-refractivity contribution in [3.63, 3.8) is 0 Å². The lowest BCUT2D eigenvalue weighted by Crippen LogP contribution is -2.19. The summed E-state index contributed by atoms with van der Waals surface area (Å²) in [6.07, 6.45) is 0. The minimum atomic E-state index is -0.326. The number of nitrogens with one attached hydrogen (secondary N) is 1. The van der Waals surface area contributed by atoms with Gasteiger partial charge in [-0.05, 0) is 35.6 Å². The second-order valence-electron chi connectivity index (χ2n) is 7.07. The quantitative estimate of drug-likeness (QED) is 0.648. The summed E-state index contributed by atoms with van der Waals surface area (Å²) in [7, 11) is 3.08. The van der Waals surface area contributed by atoms with Crippen LogP contribution >= 0.6 is 0 Å². The van der Waals surface area contributed by atoms with Crippen molar-refractivity contribution < 1.29 is 14.3 Å². The summed E-state index contributed by atoms with van der Waals surface area (Å²) in [6.45, 7) is 8.38. The molecule has 0 aromatic heterocycles. The number of ether oxygens (including phenoxy) is 2. The summed E-state index contributed by atoms with van der Waals surface area (Å²) >= 11 is 0. The van der Waals surface area contributed by atoms with E-state index in [9.17, 15) is 4.79 Å². The van der Waals surface area contributed by atoms with Gasteiger partial charge in [-0.2, -0.15) is 5.10 Å². The topological polar surface area (TPSA) is 59.9 Å². The van der Waals surface area contributed by atoms with Gasteiger partial charge in [-0.1, -0.05) is 45.0 Å². The minimum absolute atomic E-state index is 0.100. The molecule has 26 heavy (non-hydrogen) atoms. The first kappa shape index (κ1) is 19.5. The van der Waals surface area contributed by atoms with E-state index >= 15 is 0 Å². The van der Waals surface area contributed by atoms with Gasteiger partial charge in [0.1, 0.15) is 11.5 Å². The molecule has 0 saturated heterocycles. The Hall–Kier alpha value is -2.82. The highest BCUT2D eigenvalue weighted by atomic mass is 16.5. The molecule has 0 unspecified atom stereocenters. The van der Waals surface area contributed by atoms with Gasteiger partial charge >= 0.3 is 0 Å². The van der Waals surface area contributed by atoms with E-state index < -0.39 is 0 Å². The summed E-state index contributed by atoms with van der Waals surface area (Å²) in [5.74, 6) is 0.772. The fourth-order valence-corrected chi connectivity index (χ4v) is 2.41. The number of rotatable bonds is 5. The van der Waals surface area contributed by atoms with E-state index in [2.05, 4.69) is 43.4 Å². The van der Waals surface area contributed by atoms with Gasteiger partial charge in [0.05, 0.1) is 19.9 Å². The molecule has 0 aliphatic carbocycles. The highest BCUT2D eigenvalue weighted by molar-refractivity contribution is 6.01. The van der Waals surface area contributed by atoms with E-state index in [1.165, 1.54) is 5.56 Å². The molecule has 0 bridgehead atoms. The van der Waals surface area contributed by atoms with Crippen LogP contribution in [-0.4, -0.2) is 25.8 Å². The van der Waals surface area contributed by atoms with Crippen LogP contribution in [0.15, 0.2) is 47.6 Å². The second kappa shape index (κ2) is 8.04. The van der Waals surface area contributed by atoms with Gasteiger partial charge in [-0.15, -0.1) is 0 Å². The van der Waals surface area contributed by atoms with E-state index in [0.717, 1.165) is 11.3 Å². The number of methoxy groups -OCH3 is 2. The number of hydrazone groups is 1. The first-order chi connectivity index (χ1) is 12.2. The average molecular weight is 354 g/mol. The van der Waals surface area contributed by atoms with Crippen molar-refractivity contribution in [2.75, 3.05) is 14.2 Å². The molecular formula is C21H26N2O3. The normalized spacial score (nSPS) is 11.8. The number of nitrogens with zero attached hydrogens (tertiary/aromatic N) is 1. The number of carbonyl (C=O) groups excluding carboxylic acids is 1. The van der Waals surface area contributed by atoms with Gasteiger partial charge in [-0.25, -0.2) is 5.43 Å². The smallest absolute Gasteiger partial charge is 0.271 e. The lowest BCUT2D eigenvalue weighted by Gasteiger charge is -2.19. The Labute approximate surface area is 155 Å². The third kappa shape index (κ3) is 4.85. The molecule has 0 saturated carbocycles. The van der Waals surface area contributed by atoms with Gasteiger partial charge in [0.25, 0.3) is 5.91 Å². The summed E-state index contributed by atoms with van der Waals surface area (Å²) in [5, 5.41) is 4.21. The SMILES string of the molecule is COc1cc(OC)cc(C(=O)N/N=C(/C)c2ccc(C(C)(C)C)cc2)c1. The standard InChI is InChI=1S/C21H26N2O3/c1-14(15-7-9-17(10-8-15)21(2,3)4)22-23-20(24)16-11-18(25-5)13-19(12-16)26-6/h7-13H,1-6H3,(H,23,24)/b22-14-. The zero-order valence-corrected chi connectivity index (χ0v) is 16.2. The largest absolute Gasteiger partial charge is 0.497 e. The molecule has 5 nitrogen and oxygen atoms in total. The molecule has 1 N–H and O–H groups in total. The van der Waals surface area contributed by atoms with Crippen LogP contribution in [-0.2, 0) is 5.41 Å². The third-order valence-electron chi connectivity index (χ3n) is 4.11. The van der Waals surface area contributed by atoms with Crippen LogP contribution in [0.3, 0.4) is 0 Å². The number of benzene rings is 2. The van der Waals surface area contributed by atoms with E-state index in [1.807, 2.05) is 19.1 Å². The van der Waals surface area contributed by atoms with Crippen molar-refractivity contribution in [2.24, 2.45) is 5.10 Å². The Morgan fingerprint density at radius 2 is 1.46 bits per heavy atom. The average Bonchev–Trinajstić information content (AvgIpc) is 2.64. The lowest BCUT2D eigenvalue weighted by atomic mass is 9.86. The molecule has 0 aliphatic heterocycles. The van der Waals surface area contributed by atoms with Gasteiger partial charge in [0, 0.05) is 11.6 Å². The predicted octanol–water partition coefficient (Wildman–Crippen LogP) is 4.16. The Morgan fingerprint density at radius 3 is 1.92 bits per heavy atom. The van der Waals surface area contributed by atoms with Crippen molar-refractivity contribution in [1.29, 1.82) is 0 Å². The maximum atomic E-state index is 12.4. The van der Waals surface area contributed by atoms with Crippen LogP contribution in [0.5, 0.6) is 11.5 Å². The molecule has 0 aliphatic rings. The van der Waals surface area contributed by atoms with Gasteiger partial charge in [0.2, 0.25) is 0 Å². The molecule has 5 heteroatoms. The fourth-order valence-electron chi connectivity index (χ4n) is 2.41. The van der Waals surface area contributed by atoms with Crippen molar-refractivity contribution in [1.82, 2.24) is 5.43 Å². The van der Waals surface area contributed by atoms with Gasteiger partial charge in [-0.3, -0.25) is 4.79 Å². The van der Waals surface area contributed by atoms with Crippen LogP contribution in [0.4, 0.5) is 0 Å². The molecule has 2 aromatic rings. The molecule has 138 valence electrons. The second-order valence-corrected chi connectivity index (χ2v) is 7.07. The molecule has 1 amide bonds. The van der Waals surface area contributed by atoms with Gasteiger partial charge in [0.15, 0.2) is 0 Å². The third-order valence-corrected chi connectivity index (χ3v) is 4.11. The molecule has 0 atom stereocenters. The first-order valence-corrected chi connectivity index (χ1v) is 8.43. The fraction of sp³-hybridized carbons (Fsp3) is 0.333. The number of carbonyl (C=O) groups is 1. The van der Waals surface area contributed by atoms with Crippen LogP contribution in [0.25, 0.3) is 0 Å². The van der Waals surface area contributed by atoms with Crippen molar-refractivity contribution >= 4 is 11.6 Å². The highest BCUT2D eigenvalue weighted by Crippen LogP contribution is 2.23. The molecule has 0 fully saturated rings. The molecule has 0 spiro atoms. The lowest BCUT2D eigenvalue weighted by molar-refractivity contribution is 0.0954. The van der Waals surface area contributed by atoms with Crippen molar-refractivity contribution in [3.8, 4) is 11.5 Å². The number of hydrogen-bond donors (Lipinski definition) is 1. The van der Waals surface area contributed by atoms with Crippen LogP contribution in [0.2, 0.25) is 0 Å². The molecule has 2 aromatic carbocycles. The van der Waals surface area contributed by atoms with Crippen LogP contribution in [0.1, 0.15) is 49.2 Å². The van der Waals surface area contributed by atoms with Crippen LogP contribution in [0, 0.1) is 0 Å². The molecule has 0 radical (unpaired) electrons. The summed E-state index contributed by atoms with van der Waals surface area (Å²) in [6, 6.07) is 13.2. The van der Waals surface area contributed by atoms with Crippen molar-refractivity contribution in [3.05, 3.63) is 59.2 Å². The van der Waals surface area contributed by atoms with E-state index in [4.69, 9.17) is 9.47 Å². The maximum absolute atomic E-state index is 12.4. The first-order valence-electron chi connectivity index (χ1n) is 8.43. The van der Waals surface area contributed by atoms with Crippen molar-refractivity contribution in [2.45, 2.75) is 33.1 Å². The molecule has 2 rings (SSSR count). The summed E-state index contributed by atoms with van der Waals surface area (Å²) in [4.78, 5) is 12.4. The summed E-state index contributed by atoms with van der Waals surface area (Å²) in [5.41, 5.74) is 6.04. The maximum Gasteiger partial charge on any atom is 0.271 e. The van der Waals surface area contributed by atoms with E-state index in [0.29, 0.717) is 17.1 Å². The monoisotopic (exact) mass is 354 g/mol. The molecule has 0 heterocycles. The number of amides is 1. The minimum Gasteiger partial charge on any atom is -0.497 e. The Kier molecular flexibility index (Phi) is 6.03. The Balaban J connectivity index is 2.14. The number of hydrogen-bond acceptors (Lipinski definition) is 4. The highest BCUT2D eigenvalue weighted by Gasteiger charge is 2.13. The Bertz CT molecular complexity index is 781. The molecular weight excluding hydrogens is 328 g/mol. The zero-order valence-electron chi connectivity index (χ0n) is 16.2. The van der Waals surface area contributed by atoms with E-state index in [-0.39, 0.29) is 11.3 Å². The predicted molar refractivity (Wildman–Crippen MR) is 104 cm³/mol. The van der Waals surface area contributed by atoms with E-state index in [1.54, 1.807) is 32.4 Å². The zero-order chi connectivity index (χ0) is 19.3. The Morgan fingerprint density at radius 1 is 0.923 bits per heavy atom. The van der Waals surface area contributed by atoms with Crippen LogP contribution < -0.4 is 14.9 Å².